The minimum Gasteiger partial charge on any atom is -0.347 e. The van der Waals surface area contributed by atoms with E-state index in [2.05, 4.69) is 0 Å². The van der Waals surface area contributed by atoms with Crippen molar-refractivity contribution in [3.05, 3.63) is 0 Å². The topological polar surface area (TPSA) is 96.0 Å². The lowest BCUT2D eigenvalue weighted by molar-refractivity contribution is -0.179. The Bertz CT molecular complexity index is 574. The number of rotatable bonds is 3. The molecule has 3 saturated heterocycles. The summed E-state index contributed by atoms with van der Waals surface area (Å²) < 4.78 is 62.2. The zero-order chi connectivity index (χ0) is 14.6. The summed E-state index contributed by atoms with van der Waals surface area (Å²) in [6.07, 6.45) is 2.50. The predicted molar refractivity (Wildman–Crippen MR) is 69.3 cm³/mol. The Morgan fingerprint density at radius 1 is 1.25 bits per heavy atom. The van der Waals surface area contributed by atoms with Gasteiger partial charge in [0.25, 0.3) is 10.1 Å². The maximum absolute atomic E-state index is 12.0. The molecule has 9 heteroatoms. The molecular weight excluding hydrogens is 308 g/mol. The van der Waals surface area contributed by atoms with E-state index in [0.29, 0.717) is 25.7 Å². The minimum atomic E-state index is -3.51. The number of sulfone groups is 1. The molecule has 1 spiro atoms. The van der Waals surface area contributed by atoms with Crippen LogP contribution in [0.15, 0.2) is 0 Å². The van der Waals surface area contributed by atoms with Crippen molar-refractivity contribution >= 4 is 20.0 Å². The SMILES string of the molecule is CS(=O)(=O)OCC1COC2(CC3CCC(C2)S3(=O)=O)O1. The number of hydrogen-bond donors (Lipinski definition) is 0. The van der Waals surface area contributed by atoms with Crippen LogP contribution in [0.25, 0.3) is 0 Å². The van der Waals surface area contributed by atoms with Gasteiger partial charge in [0.1, 0.15) is 6.10 Å². The monoisotopic (exact) mass is 326 g/mol. The van der Waals surface area contributed by atoms with E-state index < -0.39 is 42.3 Å². The summed E-state index contributed by atoms with van der Waals surface area (Å²) in [7, 11) is -6.55. The highest BCUT2D eigenvalue weighted by Gasteiger charge is 2.57. The summed E-state index contributed by atoms with van der Waals surface area (Å²) in [5.41, 5.74) is 0. The van der Waals surface area contributed by atoms with Crippen LogP contribution in [0.5, 0.6) is 0 Å². The van der Waals surface area contributed by atoms with Crippen molar-refractivity contribution in [2.24, 2.45) is 0 Å². The van der Waals surface area contributed by atoms with Gasteiger partial charge in [0.2, 0.25) is 0 Å². The van der Waals surface area contributed by atoms with Crippen LogP contribution in [0.1, 0.15) is 25.7 Å². The van der Waals surface area contributed by atoms with Gasteiger partial charge in [0, 0.05) is 12.8 Å². The van der Waals surface area contributed by atoms with Crippen molar-refractivity contribution in [3.8, 4) is 0 Å². The van der Waals surface area contributed by atoms with E-state index in [0.717, 1.165) is 6.26 Å². The number of fused-ring (bicyclic) bond motifs is 2. The van der Waals surface area contributed by atoms with Crippen LogP contribution in [-0.2, 0) is 33.6 Å². The Hall–Kier alpha value is -0.220. The first-order chi connectivity index (χ1) is 9.20. The quantitative estimate of drug-likeness (QED) is 0.663. The molecule has 0 saturated carbocycles. The van der Waals surface area contributed by atoms with Gasteiger partial charge < -0.3 is 9.47 Å². The molecule has 116 valence electrons. The molecule has 3 heterocycles. The highest BCUT2D eigenvalue weighted by Crippen LogP contribution is 2.47. The summed E-state index contributed by atoms with van der Waals surface area (Å²) in [5.74, 6) is -0.872. The Labute approximate surface area is 118 Å². The van der Waals surface area contributed by atoms with Crippen LogP contribution in [0.3, 0.4) is 0 Å². The highest BCUT2D eigenvalue weighted by molar-refractivity contribution is 7.93. The molecule has 2 bridgehead atoms. The maximum atomic E-state index is 12.0. The fourth-order valence-corrected chi connectivity index (χ4v) is 6.14. The molecule has 0 aromatic rings. The van der Waals surface area contributed by atoms with E-state index in [1.165, 1.54) is 0 Å². The van der Waals surface area contributed by atoms with Crippen molar-refractivity contribution in [1.29, 1.82) is 0 Å². The molecule has 3 aliphatic heterocycles. The molecular formula is C11H18O7S2. The summed E-state index contributed by atoms with van der Waals surface area (Å²) in [5, 5.41) is -0.786. The third-order valence-electron chi connectivity index (χ3n) is 4.20. The molecule has 0 radical (unpaired) electrons. The Morgan fingerprint density at radius 3 is 2.40 bits per heavy atom. The molecule has 3 unspecified atom stereocenters. The molecule has 3 rings (SSSR count). The fourth-order valence-electron chi connectivity index (χ4n) is 3.30. The van der Waals surface area contributed by atoms with Gasteiger partial charge in [-0.25, -0.2) is 8.42 Å². The Balaban J connectivity index is 1.66. The van der Waals surface area contributed by atoms with Gasteiger partial charge in [-0.3, -0.25) is 4.18 Å². The predicted octanol–water partition coefficient (Wildman–Crippen LogP) is -0.186. The molecule has 0 amide bonds. The van der Waals surface area contributed by atoms with Crippen molar-refractivity contribution < 1.29 is 30.5 Å². The Morgan fingerprint density at radius 2 is 1.85 bits per heavy atom. The second-order valence-corrected chi connectivity index (χ2v) is 9.92. The van der Waals surface area contributed by atoms with Crippen molar-refractivity contribution in [2.45, 2.75) is 48.1 Å². The van der Waals surface area contributed by atoms with Gasteiger partial charge in [0.05, 0.1) is 30.0 Å². The van der Waals surface area contributed by atoms with E-state index in [4.69, 9.17) is 13.7 Å². The average molecular weight is 326 g/mol. The van der Waals surface area contributed by atoms with E-state index >= 15 is 0 Å². The second-order valence-electron chi connectivity index (χ2n) is 5.77. The molecule has 3 atom stereocenters. The largest absolute Gasteiger partial charge is 0.347 e. The average Bonchev–Trinajstić information content (AvgIpc) is 2.73. The summed E-state index contributed by atoms with van der Waals surface area (Å²) in [4.78, 5) is 0. The number of hydrogen-bond acceptors (Lipinski definition) is 7. The third kappa shape index (κ3) is 2.61. The molecule has 0 aromatic carbocycles. The van der Waals surface area contributed by atoms with Gasteiger partial charge in [-0.15, -0.1) is 0 Å². The van der Waals surface area contributed by atoms with E-state index in [9.17, 15) is 16.8 Å². The first-order valence-corrected chi connectivity index (χ1v) is 10.0. The third-order valence-corrected chi connectivity index (χ3v) is 7.43. The molecule has 3 aliphatic rings. The zero-order valence-corrected chi connectivity index (χ0v) is 12.8. The van der Waals surface area contributed by atoms with Crippen LogP contribution in [0.2, 0.25) is 0 Å². The van der Waals surface area contributed by atoms with Crippen LogP contribution in [0, 0.1) is 0 Å². The zero-order valence-electron chi connectivity index (χ0n) is 11.1. The number of ether oxygens (including phenoxy) is 2. The summed E-state index contributed by atoms with van der Waals surface area (Å²) in [6, 6.07) is 0. The van der Waals surface area contributed by atoms with Gasteiger partial charge in [-0.1, -0.05) is 0 Å². The Kier molecular flexibility index (Phi) is 3.41. The van der Waals surface area contributed by atoms with Crippen LogP contribution in [-0.4, -0.2) is 58.7 Å². The standard InChI is InChI=1S/C11H18O7S2/c1-19(12,13)17-7-8-6-16-11(18-8)4-9-2-3-10(5-11)20(9,14)15/h8-10H,2-7H2,1H3. The molecule has 3 fully saturated rings. The molecule has 0 N–H and O–H groups in total. The van der Waals surface area contributed by atoms with Crippen molar-refractivity contribution in [2.75, 3.05) is 19.5 Å². The van der Waals surface area contributed by atoms with Crippen molar-refractivity contribution in [1.82, 2.24) is 0 Å². The first kappa shape index (κ1) is 14.7. The van der Waals surface area contributed by atoms with Gasteiger partial charge in [-0.2, -0.15) is 8.42 Å². The highest BCUT2D eigenvalue weighted by atomic mass is 32.2. The van der Waals surface area contributed by atoms with Crippen LogP contribution < -0.4 is 0 Å². The fraction of sp³-hybridized carbons (Fsp3) is 1.00. The lowest BCUT2D eigenvalue weighted by Gasteiger charge is -2.35. The van der Waals surface area contributed by atoms with E-state index in [1.807, 2.05) is 0 Å². The first-order valence-electron chi connectivity index (χ1n) is 6.59. The molecule has 0 aliphatic carbocycles. The lowest BCUT2D eigenvalue weighted by Crippen LogP contribution is -2.46. The van der Waals surface area contributed by atoms with Crippen LogP contribution in [0.4, 0.5) is 0 Å². The molecule has 7 nitrogen and oxygen atoms in total. The van der Waals surface area contributed by atoms with Crippen molar-refractivity contribution in [3.63, 3.8) is 0 Å². The molecule has 0 aromatic heterocycles. The lowest BCUT2D eigenvalue weighted by atomic mass is 10.1. The molecule has 20 heavy (non-hydrogen) atoms. The van der Waals surface area contributed by atoms with E-state index in [1.54, 1.807) is 0 Å². The maximum Gasteiger partial charge on any atom is 0.264 e. The summed E-state index contributed by atoms with van der Waals surface area (Å²) >= 11 is 0. The van der Waals surface area contributed by atoms with Gasteiger partial charge in [0.15, 0.2) is 15.6 Å². The van der Waals surface area contributed by atoms with Gasteiger partial charge in [-0.05, 0) is 12.8 Å². The summed E-state index contributed by atoms with van der Waals surface area (Å²) in [6.45, 7) is 0.137. The second kappa shape index (κ2) is 4.64. The van der Waals surface area contributed by atoms with Gasteiger partial charge >= 0.3 is 0 Å². The van der Waals surface area contributed by atoms with E-state index in [-0.39, 0.29) is 13.2 Å². The normalized spacial score (nSPS) is 43.1. The smallest absolute Gasteiger partial charge is 0.264 e. The minimum absolute atomic E-state index is 0.0946. The van der Waals surface area contributed by atoms with Crippen LogP contribution >= 0.6 is 0 Å².